The molecule has 6 nitrogen and oxygen atoms in total. The highest BCUT2D eigenvalue weighted by molar-refractivity contribution is 7.87. The van der Waals surface area contributed by atoms with Crippen molar-refractivity contribution in [3.05, 3.63) is 0 Å². The molecule has 0 spiro atoms. The van der Waals surface area contributed by atoms with Gasteiger partial charge in [0, 0.05) is 0 Å². The van der Waals surface area contributed by atoms with Crippen LogP contribution in [0.1, 0.15) is 0 Å². The van der Waals surface area contributed by atoms with Gasteiger partial charge in [-0.1, -0.05) is 0 Å². The lowest BCUT2D eigenvalue weighted by Crippen LogP contribution is -2.40. The van der Waals surface area contributed by atoms with Gasteiger partial charge in [0.15, 0.2) is 0 Å². The fraction of sp³-hybridized carbons (Fsp3) is 0. The molecule has 0 aromatic heterocycles. The lowest BCUT2D eigenvalue weighted by Gasteiger charge is -2.02. The molecule has 0 bridgehead atoms. The highest BCUT2D eigenvalue weighted by atomic mass is 32.2. The Balaban J connectivity index is 4.26. The van der Waals surface area contributed by atoms with Crippen LogP contribution in [-0.2, 0) is 15.0 Å². The Labute approximate surface area is 46.2 Å². The number of nitrogens with two attached hydrogens (primary N) is 2. The van der Waals surface area contributed by atoms with Gasteiger partial charge in [-0.2, -0.15) is 12.8 Å². The third kappa shape index (κ3) is 1.87. The molecule has 0 saturated heterocycles. The zero-order valence-electron chi connectivity index (χ0n) is 3.81. The number of nitrogens with zero attached hydrogens (tertiary/aromatic N) is 1. The van der Waals surface area contributed by atoms with Crippen LogP contribution in [-0.4, -0.2) is 19.2 Å². The first-order valence-corrected chi connectivity index (χ1v) is 3.01. The van der Waals surface area contributed by atoms with Gasteiger partial charge < -0.3 is 0 Å². The van der Waals surface area contributed by atoms with Crippen LogP contribution in [0.15, 0.2) is 0 Å². The van der Waals surface area contributed by atoms with Crippen LogP contribution >= 0.6 is 0 Å². The molecule has 48 valence electrons. The first-order valence-electron chi connectivity index (χ1n) is 1.50. The first-order chi connectivity index (χ1) is 3.48. The van der Waals surface area contributed by atoms with Gasteiger partial charge in [0.2, 0.25) is 6.41 Å². The SMILES string of the molecule is NN(C=O)S(N)(=O)=O. The van der Waals surface area contributed by atoms with Gasteiger partial charge in [-0.05, 0) is 0 Å². The monoisotopic (exact) mass is 139 g/mol. The van der Waals surface area contributed by atoms with E-state index < -0.39 is 10.2 Å². The molecular weight excluding hydrogens is 134 g/mol. The molecule has 0 aliphatic carbocycles. The van der Waals surface area contributed by atoms with Crippen LogP contribution in [0.4, 0.5) is 0 Å². The van der Waals surface area contributed by atoms with E-state index in [1.807, 2.05) is 0 Å². The number of amides is 1. The molecule has 0 atom stereocenters. The number of hydrogen-bond donors (Lipinski definition) is 2. The number of carbonyl (C=O) groups is 1. The molecule has 0 fully saturated rings. The van der Waals surface area contributed by atoms with E-state index in [1.165, 1.54) is 0 Å². The van der Waals surface area contributed by atoms with Gasteiger partial charge in [0.1, 0.15) is 0 Å². The van der Waals surface area contributed by atoms with E-state index in [9.17, 15) is 13.2 Å². The normalized spacial score (nSPS) is 10.8. The molecule has 0 saturated carbocycles. The Morgan fingerprint density at radius 2 is 1.88 bits per heavy atom. The van der Waals surface area contributed by atoms with E-state index in [0.717, 1.165) is 0 Å². The molecule has 0 aliphatic rings. The van der Waals surface area contributed by atoms with Crippen LogP contribution in [0.5, 0.6) is 0 Å². The van der Waals surface area contributed by atoms with Crippen molar-refractivity contribution < 1.29 is 13.2 Å². The number of hydrogen-bond acceptors (Lipinski definition) is 4. The predicted octanol–water partition coefficient (Wildman–Crippen LogP) is -2.48. The van der Waals surface area contributed by atoms with Gasteiger partial charge in [-0.3, -0.25) is 4.79 Å². The van der Waals surface area contributed by atoms with E-state index in [0.29, 0.717) is 0 Å². The van der Waals surface area contributed by atoms with E-state index in [1.54, 1.807) is 0 Å². The molecule has 0 aromatic carbocycles. The summed E-state index contributed by atoms with van der Waals surface area (Å²) in [7, 11) is -4.01. The Hall–Kier alpha value is -0.660. The van der Waals surface area contributed by atoms with Gasteiger partial charge >= 0.3 is 10.2 Å². The van der Waals surface area contributed by atoms with E-state index >= 15 is 0 Å². The molecule has 0 aliphatic heterocycles. The van der Waals surface area contributed by atoms with Crippen molar-refractivity contribution in [1.82, 2.24) is 4.41 Å². The first kappa shape index (κ1) is 7.34. The summed E-state index contributed by atoms with van der Waals surface area (Å²) in [5.41, 5.74) is 0. The summed E-state index contributed by atoms with van der Waals surface area (Å²) in [6.07, 6.45) is -0.102. The van der Waals surface area contributed by atoms with Gasteiger partial charge in [0.05, 0.1) is 0 Å². The highest BCUT2D eigenvalue weighted by Crippen LogP contribution is 1.74. The Kier molecular flexibility index (Phi) is 1.90. The van der Waals surface area contributed by atoms with Gasteiger partial charge in [0.25, 0.3) is 0 Å². The molecule has 0 rings (SSSR count). The van der Waals surface area contributed by atoms with Crippen molar-refractivity contribution in [3.8, 4) is 0 Å². The van der Waals surface area contributed by atoms with Crippen LogP contribution in [0, 0.1) is 0 Å². The topological polar surface area (TPSA) is 106 Å². The molecule has 0 radical (unpaired) electrons. The molecule has 0 unspecified atom stereocenters. The predicted molar refractivity (Wildman–Crippen MR) is 25.2 cm³/mol. The third-order valence-electron chi connectivity index (χ3n) is 0.398. The maximum absolute atomic E-state index is 9.91. The second-order valence-corrected chi connectivity index (χ2v) is 2.43. The minimum atomic E-state index is -4.01. The highest BCUT2D eigenvalue weighted by Gasteiger charge is 2.06. The minimum Gasteiger partial charge on any atom is -0.276 e. The van der Waals surface area contributed by atoms with Crippen molar-refractivity contribution >= 4 is 16.6 Å². The quantitative estimate of drug-likeness (QED) is 0.191. The Morgan fingerprint density at radius 3 is 1.88 bits per heavy atom. The summed E-state index contributed by atoms with van der Waals surface area (Å²) in [6, 6.07) is 0. The summed E-state index contributed by atoms with van der Waals surface area (Å²) >= 11 is 0. The van der Waals surface area contributed by atoms with Gasteiger partial charge in [-0.25, -0.2) is 11.0 Å². The summed E-state index contributed by atoms with van der Waals surface area (Å²) < 4.78 is 19.7. The maximum Gasteiger partial charge on any atom is 0.314 e. The summed E-state index contributed by atoms with van der Waals surface area (Å²) in [4.78, 5) is 9.49. The zero-order valence-corrected chi connectivity index (χ0v) is 4.63. The largest absolute Gasteiger partial charge is 0.314 e. The number of rotatable bonds is 2. The fourth-order valence-corrected chi connectivity index (χ4v) is 0.180. The average molecular weight is 139 g/mol. The van der Waals surface area contributed by atoms with Crippen LogP contribution in [0.2, 0.25) is 0 Å². The van der Waals surface area contributed by atoms with Crippen molar-refractivity contribution in [2.24, 2.45) is 11.0 Å². The van der Waals surface area contributed by atoms with Crippen molar-refractivity contribution in [2.75, 3.05) is 0 Å². The summed E-state index contributed by atoms with van der Waals surface area (Å²) in [5, 5.41) is 4.33. The maximum atomic E-state index is 9.91. The van der Waals surface area contributed by atoms with E-state index in [-0.39, 0.29) is 10.8 Å². The second kappa shape index (κ2) is 2.07. The molecular formula is CH5N3O3S. The standard InChI is InChI=1S/CH5N3O3S/c2-4(1-5)8(3,6)7/h1H,2H2,(H2,3,6,7). The molecule has 0 heterocycles. The van der Waals surface area contributed by atoms with Crippen molar-refractivity contribution in [1.29, 1.82) is 0 Å². The molecule has 1 amide bonds. The average Bonchev–Trinajstić information content (AvgIpc) is 1.62. The fourth-order valence-electron chi connectivity index (χ4n) is 0.0600. The molecule has 7 heteroatoms. The van der Waals surface area contributed by atoms with Crippen LogP contribution in [0.3, 0.4) is 0 Å². The van der Waals surface area contributed by atoms with Crippen molar-refractivity contribution in [3.63, 3.8) is 0 Å². The third-order valence-corrected chi connectivity index (χ3v) is 1.07. The van der Waals surface area contributed by atoms with E-state index in [4.69, 9.17) is 0 Å². The summed E-state index contributed by atoms with van der Waals surface area (Å²) in [6.45, 7) is 0. The number of carbonyl (C=O) groups excluding carboxylic acids is 1. The lowest BCUT2D eigenvalue weighted by atomic mass is 11.4. The minimum absolute atomic E-state index is 0.102. The number of hydrazine groups is 1. The lowest BCUT2D eigenvalue weighted by molar-refractivity contribution is -0.114. The molecule has 0 aromatic rings. The second-order valence-electron chi connectivity index (χ2n) is 0.980. The van der Waals surface area contributed by atoms with Crippen LogP contribution in [0.25, 0.3) is 0 Å². The van der Waals surface area contributed by atoms with Gasteiger partial charge in [-0.15, -0.1) is 0 Å². The van der Waals surface area contributed by atoms with Crippen LogP contribution < -0.4 is 11.0 Å². The molecule has 8 heavy (non-hydrogen) atoms. The summed E-state index contributed by atoms with van der Waals surface area (Å²) in [5.74, 6) is 4.50. The smallest absolute Gasteiger partial charge is 0.276 e. The Bertz CT molecular complexity index is 171. The Morgan fingerprint density at radius 1 is 1.50 bits per heavy atom. The van der Waals surface area contributed by atoms with E-state index in [2.05, 4.69) is 11.0 Å². The zero-order chi connectivity index (χ0) is 6.78. The van der Waals surface area contributed by atoms with Crippen molar-refractivity contribution in [2.45, 2.75) is 0 Å². The molecule has 4 N–H and O–H groups in total.